The molecule has 0 unspecified atom stereocenters. The maximum Gasteiger partial charge on any atom is 0.338 e. The average molecular weight is 463 g/mol. The van der Waals surface area contributed by atoms with Gasteiger partial charge in [0.05, 0.1) is 31.2 Å². The van der Waals surface area contributed by atoms with Crippen molar-refractivity contribution in [3.8, 4) is 11.5 Å². The molecule has 2 aromatic carbocycles. The normalized spacial score (nSPS) is 10.7. The largest absolute Gasteiger partial charge is 0.497 e. The molecular weight excluding hydrogens is 442 g/mol. The molecular formula is C24H21N3O7. The molecule has 0 aliphatic rings. The van der Waals surface area contributed by atoms with Crippen molar-refractivity contribution >= 4 is 23.2 Å². The Balaban J connectivity index is 1.49. The van der Waals surface area contributed by atoms with Gasteiger partial charge < -0.3 is 24.1 Å². The Labute approximate surface area is 193 Å². The van der Waals surface area contributed by atoms with Crippen LogP contribution in [0.15, 0.2) is 63.9 Å². The monoisotopic (exact) mass is 463 g/mol. The minimum Gasteiger partial charge on any atom is -0.497 e. The van der Waals surface area contributed by atoms with Crippen LogP contribution in [0, 0.1) is 6.92 Å². The number of amides is 1. The molecule has 0 radical (unpaired) electrons. The Morgan fingerprint density at radius 2 is 1.74 bits per heavy atom. The Bertz CT molecular complexity index is 1420. The number of carbonyl (C=O) groups excluding carboxylic acids is 2. The highest BCUT2D eigenvalue weighted by Gasteiger charge is 2.16. The highest BCUT2D eigenvalue weighted by atomic mass is 16.5. The van der Waals surface area contributed by atoms with Gasteiger partial charge in [0.2, 0.25) is 0 Å². The highest BCUT2D eigenvalue weighted by Crippen LogP contribution is 2.27. The summed E-state index contributed by atoms with van der Waals surface area (Å²) >= 11 is 0. The predicted molar refractivity (Wildman–Crippen MR) is 122 cm³/mol. The van der Waals surface area contributed by atoms with Crippen molar-refractivity contribution in [3.05, 3.63) is 87.5 Å². The zero-order chi connectivity index (χ0) is 24.2. The second kappa shape index (κ2) is 9.49. The molecule has 0 saturated heterocycles. The van der Waals surface area contributed by atoms with Crippen LogP contribution in [0.2, 0.25) is 0 Å². The highest BCUT2D eigenvalue weighted by molar-refractivity contribution is 6.05. The number of rotatable bonds is 7. The summed E-state index contributed by atoms with van der Waals surface area (Å²) < 4.78 is 22.0. The fourth-order valence-corrected chi connectivity index (χ4v) is 3.24. The van der Waals surface area contributed by atoms with Gasteiger partial charge in [0.15, 0.2) is 5.65 Å². The molecule has 174 valence electrons. The third-order valence-corrected chi connectivity index (χ3v) is 4.91. The van der Waals surface area contributed by atoms with E-state index in [1.54, 1.807) is 43.3 Å². The topological polar surface area (TPSA) is 121 Å². The van der Waals surface area contributed by atoms with Gasteiger partial charge in [0.1, 0.15) is 23.9 Å². The van der Waals surface area contributed by atoms with E-state index in [2.05, 4.69) is 10.3 Å². The van der Waals surface area contributed by atoms with Crippen molar-refractivity contribution in [1.82, 2.24) is 9.56 Å². The quantitative estimate of drug-likeness (QED) is 0.415. The summed E-state index contributed by atoms with van der Waals surface area (Å²) in [5.41, 5.74) is 1.06. The fourth-order valence-electron chi connectivity index (χ4n) is 3.24. The summed E-state index contributed by atoms with van der Waals surface area (Å²) in [4.78, 5) is 41.7. The van der Waals surface area contributed by atoms with Gasteiger partial charge in [0, 0.05) is 17.7 Å². The van der Waals surface area contributed by atoms with Crippen LogP contribution in [0.1, 0.15) is 32.2 Å². The molecule has 10 nitrogen and oxygen atoms in total. The first-order valence-electron chi connectivity index (χ1n) is 10.2. The summed E-state index contributed by atoms with van der Waals surface area (Å²) in [5.74, 6) is 0.473. The minimum atomic E-state index is -0.659. The number of methoxy groups -OCH3 is 2. The Kier molecular flexibility index (Phi) is 6.30. The first-order valence-corrected chi connectivity index (χ1v) is 10.2. The summed E-state index contributed by atoms with van der Waals surface area (Å²) in [7, 11) is 2.99. The number of esters is 1. The summed E-state index contributed by atoms with van der Waals surface area (Å²) in [5, 5.41) is 2.73. The molecule has 1 amide bonds. The number of nitrogens with one attached hydrogen (secondary N) is 1. The second-order valence-electron chi connectivity index (χ2n) is 7.26. The molecule has 2 heterocycles. The lowest BCUT2D eigenvalue weighted by Gasteiger charge is -2.12. The van der Waals surface area contributed by atoms with E-state index in [9.17, 15) is 14.4 Å². The van der Waals surface area contributed by atoms with Crippen LogP contribution in [0.5, 0.6) is 11.5 Å². The third kappa shape index (κ3) is 4.75. The lowest BCUT2D eigenvalue weighted by atomic mass is 10.1. The van der Waals surface area contributed by atoms with Crippen LogP contribution in [-0.4, -0.2) is 35.7 Å². The van der Waals surface area contributed by atoms with Gasteiger partial charge in [-0.15, -0.1) is 4.57 Å². The van der Waals surface area contributed by atoms with Crippen molar-refractivity contribution in [2.45, 2.75) is 13.5 Å². The van der Waals surface area contributed by atoms with Gasteiger partial charge in [0.25, 0.3) is 11.5 Å². The zero-order valence-electron chi connectivity index (χ0n) is 18.7. The number of fused-ring (bicyclic) bond motifs is 1. The lowest BCUT2D eigenvalue weighted by Crippen LogP contribution is -2.15. The van der Waals surface area contributed by atoms with Crippen LogP contribution in [0.3, 0.4) is 0 Å². The van der Waals surface area contributed by atoms with Crippen molar-refractivity contribution in [2.75, 3.05) is 19.5 Å². The van der Waals surface area contributed by atoms with Crippen LogP contribution in [0.25, 0.3) is 5.65 Å². The molecule has 1 N–H and O–H groups in total. The van der Waals surface area contributed by atoms with E-state index in [1.807, 2.05) is 0 Å². The lowest BCUT2D eigenvalue weighted by molar-refractivity contribution is 0.0467. The molecule has 0 aliphatic heterocycles. The first-order chi connectivity index (χ1) is 16.4. The van der Waals surface area contributed by atoms with Gasteiger partial charge in [-0.25, -0.2) is 9.78 Å². The molecule has 2 aromatic heterocycles. The number of hydrogen-bond acceptors (Lipinski definition) is 8. The molecule has 4 rings (SSSR count). The zero-order valence-corrected chi connectivity index (χ0v) is 18.7. The SMILES string of the molecule is COc1ccc(C(=O)Nc2cc(C(=O)OCc3cc(=O)n4oc(C)cc4n3)ccc2OC)cc1. The van der Waals surface area contributed by atoms with Gasteiger partial charge in [-0.1, -0.05) is 0 Å². The van der Waals surface area contributed by atoms with Gasteiger partial charge in [-0.3, -0.25) is 9.59 Å². The Morgan fingerprint density at radius 1 is 1.00 bits per heavy atom. The van der Waals surface area contributed by atoms with E-state index < -0.39 is 11.5 Å². The Morgan fingerprint density at radius 3 is 2.44 bits per heavy atom. The molecule has 4 aromatic rings. The third-order valence-electron chi connectivity index (χ3n) is 4.91. The average Bonchev–Trinajstić information content (AvgIpc) is 3.23. The molecule has 0 atom stereocenters. The van der Waals surface area contributed by atoms with Crippen LogP contribution < -0.4 is 20.3 Å². The number of ether oxygens (including phenoxy) is 3. The number of aryl methyl sites for hydroxylation is 1. The number of aromatic nitrogens is 2. The molecule has 0 bridgehead atoms. The number of anilines is 1. The van der Waals surface area contributed by atoms with Crippen molar-refractivity contribution in [2.24, 2.45) is 0 Å². The maximum atomic E-state index is 12.6. The van der Waals surface area contributed by atoms with E-state index in [1.165, 1.54) is 32.4 Å². The molecule has 0 fully saturated rings. The van der Waals surface area contributed by atoms with Gasteiger partial charge in [-0.05, 0) is 49.4 Å². The van der Waals surface area contributed by atoms with Gasteiger partial charge in [-0.2, -0.15) is 0 Å². The van der Waals surface area contributed by atoms with Crippen molar-refractivity contribution in [3.63, 3.8) is 0 Å². The maximum absolute atomic E-state index is 12.6. The smallest absolute Gasteiger partial charge is 0.338 e. The summed E-state index contributed by atoms with van der Waals surface area (Å²) in [6.45, 7) is 1.48. The van der Waals surface area contributed by atoms with Crippen LogP contribution in [-0.2, 0) is 11.3 Å². The second-order valence-corrected chi connectivity index (χ2v) is 7.26. The molecule has 0 spiro atoms. The van der Waals surface area contributed by atoms with E-state index in [-0.39, 0.29) is 23.8 Å². The number of carbonyl (C=O) groups is 2. The standard InChI is InChI=1S/C24H21N3O7/c1-14-10-21-25-17(12-22(28)27(21)34-14)13-33-24(30)16-6-9-20(32-3)19(11-16)26-23(29)15-4-7-18(31-2)8-5-15/h4-12H,13H2,1-3H3,(H,26,29). The number of nitrogens with zero attached hydrogens (tertiary/aromatic N) is 2. The summed E-state index contributed by atoms with van der Waals surface area (Å²) in [6.07, 6.45) is 0. The van der Waals surface area contributed by atoms with E-state index >= 15 is 0 Å². The fraction of sp³-hybridized carbons (Fsp3) is 0.167. The molecule has 0 aliphatic carbocycles. The predicted octanol–water partition coefficient (Wildman–Crippen LogP) is 3.22. The van der Waals surface area contributed by atoms with E-state index in [4.69, 9.17) is 18.7 Å². The van der Waals surface area contributed by atoms with Crippen molar-refractivity contribution < 1.29 is 28.3 Å². The van der Waals surface area contributed by atoms with Crippen LogP contribution in [0.4, 0.5) is 5.69 Å². The minimum absolute atomic E-state index is 0.183. The van der Waals surface area contributed by atoms with E-state index in [0.29, 0.717) is 34.2 Å². The molecule has 10 heteroatoms. The number of hydrogen-bond donors (Lipinski definition) is 1. The van der Waals surface area contributed by atoms with Gasteiger partial charge >= 0.3 is 5.97 Å². The van der Waals surface area contributed by atoms with Crippen molar-refractivity contribution in [1.29, 1.82) is 0 Å². The molecule has 0 saturated carbocycles. The number of benzene rings is 2. The first kappa shape index (κ1) is 22.6. The Hall–Kier alpha value is -4.60. The summed E-state index contributed by atoms with van der Waals surface area (Å²) in [6, 6.07) is 13.9. The molecule has 34 heavy (non-hydrogen) atoms. The van der Waals surface area contributed by atoms with E-state index in [0.717, 1.165) is 4.57 Å². The van der Waals surface area contributed by atoms with Crippen LogP contribution >= 0.6 is 0 Å².